The van der Waals surface area contributed by atoms with Crippen molar-refractivity contribution < 1.29 is 9.21 Å². The van der Waals surface area contributed by atoms with Gasteiger partial charge in [-0.1, -0.05) is 37.3 Å². The zero-order valence-electron chi connectivity index (χ0n) is 16.7. The van der Waals surface area contributed by atoms with Crippen LogP contribution in [0.25, 0.3) is 22.6 Å². The number of benzene rings is 3. The maximum Gasteiger partial charge on any atom is 0.257 e. The molecular formula is C24H21N3O2S. The van der Waals surface area contributed by atoms with E-state index in [1.807, 2.05) is 61.5 Å². The highest BCUT2D eigenvalue weighted by Gasteiger charge is 2.14. The van der Waals surface area contributed by atoms with Crippen molar-refractivity contribution in [3.8, 4) is 11.5 Å². The van der Waals surface area contributed by atoms with Gasteiger partial charge in [0.2, 0.25) is 5.89 Å². The highest BCUT2D eigenvalue weighted by molar-refractivity contribution is 7.80. The minimum atomic E-state index is -0.247. The van der Waals surface area contributed by atoms with E-state index in [2.05, 4.69) is 22.5 Å². The molecule has 0 atom stereocenters. The smallest absolute Gasteiger partial charge is 0.257 e. The summed E-state index contributed by atoms with van der Waals surface area (Å²) in [5, 5.41) is 6.07. The third kappa shape index (κ3) is 4.09. The van der Waals surface area contributed by atoms with Gasteiger partial charge in [0.25, 0.3) is 5.91 Å². The molecule has 0 fully saturated rings. The summed E-state index contributed by atoms with van der Waals surface area (Å²) in [6.07, 6.45) is 0.928. The predicted molar refractivity (Wildman–Crippen MR) is 124 cm³/mol. The van der Waals surface area contributed by atoms with E-state index in [1.165, 1.54) is 5.56 Å². The third-order valence-electron chi connectivity index (χ3n) is 4.96. The van der Waals surface area contributed by atoms with Crippen molar-refractivity contribution in [1.82, 2.24) is 10.3 Å². The van der Waals surface area contributed by atoms with Crippen LogP contribution < -0.4 is 10.6 Å². The van der Waals surface area contributed by atoms with Gasteiger partial charge in [0.15, 0.2) is 10.7 Å². The standard InChI is InChI=1S/C24H21N3O2S/c1-3-16-11-13-17(14-12-16)22(28)27-24(30)26-19-9-6-7-18(15(19)2)23-25-20-8-4-5-10-21(20)29-23/h4-14H,3H2,1-2H3,(H2,26,27,28,30). The van der Waals surface area contributed by atoms with Gasteiger partial charge < -0.3 is 9.73 Å². The molecule has 1 aromatic heterocycles. The minimum Gasteiger partial charge on any atom is -0.436 e. The maximum atomic E-state index is 12.5. The Morgan fingerprint density at radius 2 is 1.80 bits per heavy atom. The number of aromatic nitrogens is 1. The molecule has 0 unspecified atom stereocenters. The van der Waals surface area contributed by atoms with Crippen molar-refractivity contribution in [1.29, 1.82) is 0 Å². The first-order chi connectivity index (χ1) is 14.5. The molecule has 0 aliphatic carbocycles. The zero-order chi connectivity index (χ0) is 21.1. The summed E-state index contributed by atoms with van der Waals surface area (Å²) in [6, 6.07) is 20.9. The van der Waals surface area contributed by atoms with E-state index in [0.29, 0.717) is 11.5 Å². The van der Waals surface area contributed by atoms with Crippen molar-refractivity contribution in [2.45, 2.75) is 20.3 Å². The second-order valence-corrected chi connectivity index (χ2v) is 7.33. The Bertz CT molecular complexity index is 1200. The van der Waals surface area contributed by atoms with Crippen molar-refractivity contribution >= 4 is 40.0 Å². The molecular weight excluding hydrogens is 394 g/mol. The molecule has 3 aromatic carbocycles. The number of para-hydroxylation sites is 2. The summed E-state index contributed by atoms with van der Waals surface area (Å²) >= 11 is 5.35. The number of carbonyl (C=O) groups is 1. The highest BCUT2D eigenvalue weighted by Crippen LogP contribution is 2.30. The second kappa shape index (κ2) is 8.47. The zero-order valence-corrected chi connectivity index (χ0v) is 17.5. The number of anilines is 1. The Balaban J connectivity index is 1.51. The van der Waals surface area contributed by atoms with Gasteiger partial charge in [-0.3, -0.25) is 10.1 Å². The number of rotatable bonds is 4. The first kappa shape index (κ1) is 19.8. The average Bonchev–Trinajstić information content (AvgIpc) is 3.19. The molecule has 4 rings (SSSR count). The van der Waals surface area contributed by atoms with Gasteiger partial charge in [-0.25, -0.2) is 4.98 Å². The molecule has 0 aliphatic heterocycles. The Morgan fingerprint density at radius 1 is 1.03 bits per heavy atom. The van der Waals surface area contributed by atoms with Crippen LogP contribution in [0, 0.1) is 6.92 Å². The lowest BCUT2D eigenvalue weighted by molar-refractivity contribution is 0.0977. The summed E-state index contributed by atoms with van der Waals surface area (Å²) in [7, 11) is 0. The van der Waals surface area contributed by atoms with E-state index in [4.69, 9.17) is 16.6 Å². The summed E-state index contributed by atoms with van der Waals surface area (Å²) in [4.78, 5) is 17.0. The normalized spacial score (nSPS) is 10.7. The third-order valence-corrected chi connectivity index (χ3v) is 5.16. The van der Waals surface area contributed by atoms with E-state index in [-0.39, 0.29) is 11.0 Å². The van der Waals surface area contributed by atoms with Gasteiger partial charge in [-0.2, -0.15) is 0 Å². The Labute approximate surface area is 180 Å². The quantitative estimate of drug-likeness (QED) is 0.431. The van der Waals surface area contributed by atoms with Crippen LogP contribution in [0.3, 0.4) is 0 Å². The summed E-state index contributed by atoms with van der Waals surface area (Å²) < 4.78 is 5.89. The molecule has 0 saturated carbocycles. The number of aryl methyl sites for hydroxylation is 1. The number of hydrogen-bond donors (Lipinski definition) is 2. The van der Waals surface area contributed by atoms with Crippen LogP contribution in [0.15, 0.2) is 71.1 Å². The molecule has 0 spiro atoms. The molecule has 1 amide bonds. The number of nitrogens with zero attached hydrogens (tertiary/aromatic N) is 1. The van der Waals surface area contributed by atoms with Crippen molar-refractivity contribution in [3.63, 3.8) is 0 Å². The van der Waals surface area contributed by atoms with Crippen LogP contribution in [-0.2, 0) is 6.42 Å². The van der Waals surface area contributed by atoms with Crippen LogP contribution in [0.4, 0.5) is 5.69 Å². The molecule has 2 N–H and O–H groups in total. The van der Waals surface area contributed by atoms with E-state index in [9.17, 15) is 4.79 Å². The Hall–Kier alpha value is -3.51. The topological polar surface area (TPSA) is 67.2 Å². The summed E-state index contributed by atoms with van der Waals surface area (Å²) in [6.45, 7) is 4.03. The number of oxazole rings is 1. The minimum absolute atomic E-state index is 0.234. The number of carbonyl (C=O) groups excluding carboxylic acids is 1. The monoisotopic (exact) mass is 415 g/mol. The molecule has 4 aromatic rings. The lowest BCUT2D eigenvalue weighted by atomic mass is 10.1. The number of amides is 1. The number of thiocarbonyl (C=S) groups is 1. The fourth-order valence-electron chi connectivity index (χ4n) is 3.21. The van der Waals surface area contributed by atoms with Crippen LogP contribution in [0.1, 0.15) is 28.4 Å². The van der Waals surface area contributed by atoms with Crippen molar-refractivity contribution in [2.75, 3.05) is 5.32 Å². The molecule has 1 heterocycles. The number of fused-ring (bicyclic) bond motifs is 1. The molecule has 5 nitrogen and oxygen atoms in total. The van der Waals surface area contributed by atoms with Gasteiger partial charge in [-0.15, -0.1) is 0 Å². The maximum absolute atomic E-state index is 12.5. The highest BCUT2D eigenvalue weighted by atomic mass is 32.1. The molecule has 30 heavy (non-hydrogen) atoms. The van der Waals surface area contributed by atoms with Gasteiger partial charge in [0, 0.05) is 16.8 Å². The summed E-state index contributed by atoms with van der Waals surface area (Å²) in [5.74, 6) is 0.297. The molecule has 0 bridgehead atoms. The van der Waals surface area contributed by atoms with Crippen LogP contribution in [-0.4, -0.2) is 16.0 Å². The Morgan fingerprint density at radius 3 is 2.53 bits per heavy atom. The van der Waals surface area contributed by atoms with Gasteiger partial charge >= 0.3 is 0 Å². The van der Waals surface area contributed by atoms with Gasteiger partial charge in [-0.05, 0) is 73.1 Å². The van der Waals surface area contributed by atoms with E-state index in [1.54, 1.807) is 12.1 Å². The fourth-order valence-corrected chi connectivity index (χ4v) is 3.41. The predicted octanol–water partition coefficient (Wildman–Crippen LogP) is 5.49. The van der Waals surface area contributed by atoms with Crippen LogP contribution in [0.5, 0.6) is 0 Å². The average molecular weight is 416 g/mol. The molecule has 0 saturated heterocycles. The van der Waals surface area contributed by atoms with E-state index >= 15 is 0 Å². The summed E-state index contributed by atoms with van der Waals surface area (Å²) in [5.41, 5.74) is 5.85. The molecule has 150 valence electrons. The largest absolute Gasteiger partial charge is 0.436 e. The van der Waals surface area contributed by atoms with Crippen LogP contribution >= 0.6 is 12.2 Å². The fraction of sp³-hybridized carbons (Fsp3) is 0.125. The van der Waals surface area contributed by atoms with Crippen LogP contribution in [0.2, 0.25) is 0 Å². The SMILES string of the molecule is CCc1ccc(C(=O)NC(=S)Nc2cccc(-c3nc4ccccc4o3)c2C)cc1. The number of hydrogen-bond acceptors (Lipinski definition) is 4. The number of nitrogens with one attached hydrogen (secondary N) is 2. The van der Waals surface area contributed by atoms with E-state index < -0.39 is 0 Å². The molecule has 6 heteroatoms. The molecule has 0 aliphatic rings. The molecule has 0 radical (unpaired) electrons. The van der Waals surface area contributed by atoms with E-state index in [0.717, 1.165) is 34.3 Å². The van der Waals surface area contributed by atoms with Gasteiger partial charge in [0.1, 0.15) is 5.52 Å². The van der Waals surface area contributed by atoms with Crippen molar-refractivity contribution in [3.05, 3.63) is 83.4 Å². The van der Waals surface area contributed by atoms with Gasteiger partial charge in [0.05, 0.1) is 0 Å². The first-order valence-electron chi connectivity index (χ1n) is 9.72. The lowest BCUT2D eigenvalue weighted by Crippen LogP contribution is -2.34. The second-order valence-electron chi connectivity index (χ2n) is 6.92. The Kier molecular flexibility index (Phi) is 5.59. The lowest BCUT2D eigenvalue weighted by Gasteiger charge is -2.13. The van der Waals surface area contributed by atoms with Crippen molar-refractivity contribution in [2.24, 2.45) is 0 Å². The first-order valence-corrected chi connectivity index (χ1v) is 10.1.